The predicted octanol–water partition coefficient (Wildman–Crippen LogP) is 4.46. The van der Waals surface area contributed by atoms with E-state index < -0.39 is 45.0 Å². The van der Waals surface area contributed by atoms with Gasteiger partial charge in [0.1, 0.15) is 11.4 Å². The van der Waals surface area contributed by atoms with Crippen molar-refractivity contribution in [2.24, 2.45) is 0 Å². The standard InChI is InChI=1S/C28H21F3N4O3/c1-15-6-2-5-9-19(15)35-14-16(24-28(37)33-18-8-4-3-7-17(18)32-24)27(36)20-21(29)22(30)26(23(31)25(20)35)34-10-12-38-13-11-34/h2-9,14H,10-13H2,1H3,(H,33,37). The maximum absolute atomic E-state index is 16.2. The number of para-hydroxylation sites is 3. The summed E-state index contributed by atoms with van der Waals surface area (Å²) in [5.41, 5.74) is -1.34. The zero-order valence-electron chi connectivity index (χ0n) is 20.2. The van der Waals surface area contributed by atoms with Gasteiger partial charge in [0.2, 0.25) is 5.43 Å². The Labute approximate surface area is 213 Å². The molecule has 3 heterocycles. The number of fused-ring (bicyclic) bond motifs is 2. The summed E-state index contributed by atoms with van der Waals surface area (Å²) in [7, 11) is 0. The van der Waals surface area contributed by atoms with Crippen LogP contribution in [0.25, 0.3) is 38.9 Å². The van der Waals surface area contributed by atoms with Crippen molar-refractivity contribution in [1.82, 2.24) is 14.5 Å². The molecule has 3 aromatic carbocycles. The van der Waals surface area contributed by atoms with Gasteiger partial charge in [-0.2, -0.15) is 0 Å². The lowest BCUT2D eigenvalue weighted by atomic mass is 10.0. The van der Waals surface area contributed by atoms with Gasteiger partial charge in [-0.15, -0.1) is 0 Å². The highest BCUT2D eigenvalue weighted by Gasteiger charge is 2.30. The molecule has 1 saturated heterocycles. The highest BCUT2D eigenvalue weighted by molar-refractivity contribution is 5.90. The number of anilines is 1. The number of hydrogen-bond donors (Lipinski definition) is 1. The van der Waals surface area contributed by atoms with E-state index in [1.807, 2.05) is 0 Å². The summed E-state index contributed by atoms with van der Waals surface area (Å²) in [4.78, 5) is 35.1. The highest BCUT2D eigenvalue weighted by atomic mass is 19.2. The molecule has 10 heteroatoms. The summed E-state index contributed by atoms with van der Waals surface area (Å²) in [6.07, 6.45) is 1.27. The van der Waals surface area contributed by atoms with Crippen LogP contribution in [0.5, 0.6) is 0 Å². The average Bonchev–Trinajstić information content (AvgIpc) is 2.92. The molecule has 0 bridgehead atoms. The van der Waals surface area contributed by atoms with Gasteiger partial charge >= 0.3 is 0 Å². The molecular weight excluding hydrogens is 497 g/mol. The van der Waals surface area contributed by atoms with Crippen molar-refractivity contribution in [3.05, 3.63) is 98.3 Å². The number of halogens is 3. The molecule has 6 rings (SSSR count). The SMILES string of the molecule is Cc1ccccc1-n1cc(-c2nc3ccccc3[nH]c2=O)c(=O)c2c(F)c(F)c(N3CCOCC3)c(F)c21. The van der Waals surface area contributed by atoms with Crippen LogP contribution in [0.3, 0.4) is 0 Å². The quantitative estimate of drug-likeness (QED) is 0.357. The topological polar surface area (TPSA) is 80.2 Å². The minimum atomic E-state index is -1.49. The van der Waals surface area contributed by atoms with Crippen molar-refractivity contribution in [1.29, 1.82) is 0 Å². The van der Waals surface area contributed by atoms with Crippen LogP contribution < -0.4 is 15.9 Å². The number of nitrogens with one attached hydrogen (secondary N) is 1. The minimum absolute atomic E-state index is 0.155. The highest BCUT2D eigenvalue weighted by Crippen LogP contribution is 2.35. The first-order valence-electron chi connectivity index (χ1n) is 12.0. The van der Waals surface area contributed by atoms with Gasteiger partial charge in [0.25, 0.3) is 5.56 Å². The number of H-pyrrole nitrogens is 1. The fraction of sp³-hybridized carbons (Fsp3) is 0.179. The second-order valence-corrected chi connectivity index (χ2v) is 9.07. The minimum Gasteiger partial charge on any atom is -0.378 e. The van der Waals surface area contributed by atoms with Crippen molar-refractivity contribution >= 4 is 27.6 Å². The molecule has 38 heavy (non-hydrogen) atoms. The van der Waals surface area contributed by atoms with Gasteiger partial charge in [-0.3, -0.25) is 9.59 Å². The Bertz CT molecular complexity index is 1860. The molecule has 2 aromatic heterocycles. The Morgan fingerprint density at radius 1 is 0.921 bits per heavy atom. The van der Waals surface area contributed by atoms with Crippen LogP contribution >= 0.6 is 0 Å². The van der Waals surface area contributed by atoms with Crippen LogP contribution in [-0.2, 0) is 4.74 Å². The van der Waals surface area contributed by atoms with Gasteiger partial charge in [0.15, 0.2) is 17.5 Å². The van der Waals surface area contributed by atoms with Crippen LogP contribution in [0.4, 0.5) is 18.9 Å². The lowest BCUT2D eigenvalue weighted by Gasteiger charge is -2.30. The Kier molecular flexibility index (Phi) is 5.76. The number of morpholine rings is 1. The number of aryl methyl sites for hydroxylation is 1. The van der Waals surface area contributed by atoms with Crippen molar-refractivity contribution < 1.29 is 17.9 Å². The van der Waals surface area contributed by atoms with Crippen LogP contribution in [-0.4, -0.2) is 40.8 Å². The maximum atomic E-state index is 16.2. The molecule has 0 amide bonds. The molecule has 0 unspecified atom stereocenters. The molecule has 1 N–H and O–H groups in total. The molecule has 5 aromatic rings. The number of aromatic nitrogens is 3. The summed E-state index contributed by atoms with van der Waals surface area (Å²) >= 11 is 0. The second kappa shape index (κ2) is 9.14. The fourth-order valence-electron chi connectivity index (χ4n) is 4.93. The molecule has 0 saturated carbocycles. The molecule has 192 valence electrons. The lowest BCUT2D eigenvalue weighted by Crippen LogP contribution is -2.38. The molecule has 0 aliphatic carbocycles. The number of benzene rings is 3. The summed E-state index contributed by atoms with van der Waals surface area (Å²) in [6.45, 7) is 2.52. The first-order chi connectivity index (χ1) is 18.4. The van der Waals surface area contributed by atoms with E-state index in [0.717, 1.165) is 0 Å². The fourth-order valence-corrected chi connectivity index (χ4v) is 4.93. The number of pyridine rings is 1. The van der Waals surface area contributed by atoms with Crippen molar-refractivity contribution in [2.45, 2.75) is 6.92 Å². The first-order valence-corrected chi connectivity index (χ1v) is 12.0. The van der Waals surface area contributed by atoms with E-state index in [-0.39, 0.29) is 37.6 Å². The van der Waals surface area contributed by atoms with E-state index in [4.69, 9.17) is 4.74 Å². The third-order valence-electron chi connectivity index (χ3n) is 6.80. The number of aromatic amines is 1. The number of ether oxygens (including phenoxy) is 1. The van der Waals surface area contributed by atoms with Gasteiger partial charge in [-0.1, -0.05) is 30.3 Å². The number of hydrogen-bond acceptors (Lipinski definition) is 5. The van der Waals surface area contributed by atoms with Gasteiger partial charge in [-0.25, -0.2) is 18.2 Å². The molecule has 0 spiro atoms. The summed E-state index contributed by atoms with van der Waals surface area (Å²) < 4.78 is 54.1. The molecule has 1 aliphatic heterocycles. The van der Waals surface area contributed by atoms with Crippen LogP contribution in [0, 0.1) is 24.4 Å². The molecule has 7 nitrogen and oxygen atoms in total. The molecule has 1 aliphatic rings. The van der Waals surface area contributed by atoms with Gasteiger partial charge in [0.05, 0.1) is 40.7 Å². The van der Waals surface area contributed by atoms with Gasteiger partial charge in [0, 0.05) is 25.0 Å². The predicted molar refractivity (Wildman–Crippen MR) is 139 cm³/mol. The Balaban J connectivity index is 1.76. The first kappa shape index (κ1) is 23.9. The van der Waals surface area contributed by atoms with Gasteiger partial charge < -0.3 is 19.2 Å². The second-order valence-electron chi connectivity index (χ2n) is 9.07. The number of rotatable bonds is 3. The van der Waals surface area contributed by atoms with Crippen LogP contribution in [0.2, 0.25) is 0 Å². The molecule has 1 fully saturated rings. The van der Waals surface area contributed by atoms with Crippen molar-refractivity contribution in [3.63, 3.8) is 0 Å². The maximum Gasteiger partial charge on any atom is 0.275 e. The zero-order chi connectivity index (χ0) is 26.6. The summed E-state index contributed by atoms with van der Waals surface area (Å²) in [5.74, 6) is -4.04. The van der Waals surface area contributed by atoms with E-state index in [2.05, 4.69) is 9.97 Å². The smallest absolute Gasteiger partial charge is 0.275 e. The van der Waals surface area contributed by atoms with E-state index in [1.54, 1.807) is 55.5 Å². The Morgan fingerprint density at radius 2 is 1.63 bits per heavy atom. The normalized spacial score (nSPS) is 13.9. The monoisotopic (exact) mass is 518 g/mol. The summed E-state index contributed by atoms with van der Waals surface area (Å²) in [6, 6.07) is 13.6. The van der Waals surface area contributed by atoms with Crippen molar-refractivity contribution in [2.75, 3.05) is 31.2 Å². The third-order valence-corrected chi connectivity index (χ3v) is 6.80. The third kappa shape index (κ3) is 3.67. The summed E-state index contributed by atoms with van der Waals surface area (Å²) in [5, 5.41) is -0.799. The number of nitrogens with zero attached hydrogens (tertiary/aromatic N) is 3. The lowest BCUT2D eigenvalue weighted by molar-refractivity contribution is 0.122. The largest absolute Gasteiger partial charge is 0.378 e. The Morgan fingerprint density at radius 3 is 2.39 bits per heavy atom. The average molecular weight is 518 g/mol. The van der Waals surface area contributed by atoms with Crippen LogP contribution in [0.1, 0.15) is 5.56 Å². The van der Waals surface area contributed by atoms with Crippen LogP contribution in [0.15, 0.2) is 64.3 Å². The zero-order valence-corrected chi connectivity index (χ0v) is 20.2. The van der Waals surface area contributed by atoms with E-state index >= 15 is 13.2 Å². The molecular formula is C28H21F3N4O3. The van der Waals surface area contributed by atoms with Gasteiger partial charge in [-0.05, 0) is 30.7 Å². The molecule has 0 radical (unpaired) electrons. The van der Waals surface area contributed by atoms with E-state index in [1.165, 1.54) is 15.7 Å². The van der Waals surface area contributed by atoms with Crippen molar-refractivity contribution in [3.8, 4) is 16.9 Å². The molecule has 0 atom stereocenters. The van der Waals surface area contributed by atoms with E-state index in [0.29, 0.717) is 22.3 Å². The van der Waals surface area contributed by atoms with E-state index in [9.17, 15) is 9.59 Å². The Hall–Kier alpha value is -4.44.